The molecule has 2 aliphatic carbocycles. The molecule has 2 aromatic carbocycles. The smallest absolute Gasteiger partial charge is 0.308 e. The van der Waals surface area contributed by atoms with Crippen LogP contribution in [-0.4, -0.2) is 15.7 Å². The Morgan fingerprint density at radius 2 is 1.94 bits per heavy atom. The van der Waals surface area contributed by atoms with Crippen LogP contribution in [-0.2, 0) is 11.3 Å². The molecule has 1 aliphatic heterocycles. The minimum Gasteiger partial charge on any atom is -0.325 e. The van der Waals surface area contributed by atoms with Gasteiger partial charge in [0.2, 0.25) is 5.91 Å². The second-order valence-corrected chi connectivity index (χ2v) is 11.7. The Balaban J connectivity index is 1.37. The molecule has 3 aromatic rings. The van der Waals surface area contributed by atoms with Crippen LogP contribution in [0.25, 0.3) is 0 Å². The van der Waals surface area contributed by atoms with Gasteiger partial charge in [0.15, 0.2) is 0 Å². The minimum absolute atomic E-state index is 0.00717. The van der Waals surface area contributed by atoms with E-state index in [0.717, 1.165) is 26.7 Å². The first-order valence-corrected chi connectivity index (χ1v) is 13.2. The van der Waals surface area contributed by atoms with Crippen molar-refractivity contribution >= 4 is 34.7 Å². The molecule has 5 unspecified atom stereocenters. The molecule has 5 atom stereocenters. The van der Waals surface area contributed by atoms with Crippen LogP contribution in [0.3, 0.4) is 0 Å². The van der Waals surface area contributed by atoms with E-state index in [1.54, 1.807) is 4.57 Å². The largest absolute Gasteiger partial charge is 0.325 e. The van der Waals surface area contributed by atoms with Gasteiger partial charge in [-0.15, -0.1) is 11.8 Å². The van der Waals surface area contributed by atoms with Gasteiger partial charge in [-0.05, 0) is 79.3 Å². The SMILES string of the molecule is Cc1cccc(NC(=O)Cn2c3c(sc2=O)C(c2ccc(F)cc2)C2C4CCC(C4)C2S3)c1. The zero-order chi connectivity index (χ0) is 22.7. The predicted molar refractivity (Wildman–Crippen MR) is 131 cm³/mol. The van der Waals surface area contributed by atoms with Crippen molar-refractivity contribution in [2.45, 2.75) is 48.9 Å². The fraction of sp³-hybridized carbons (Fsp3) is 0.385. The first-order chi connectivity index (χ1) is 16.0. The molecule has 3 aliphatic rings. The first kappa shape index (κ1) is 21.2. The van der Waals surface area contributed by atoms with Gasteiger partial charge >= 0.3 is 4.87 Å². The number of fused-ring (bicyclic) bond motifs is 6. The van der Waals surface area contributed by atoms with Gasteiger partial charge < -0.3 is 5.32 Å². The van der Waals surface area contributed by atoms with Crippen LogP contribution in [0, 0.1) is 30.5 Å². The molecule has 4 nitrogen and oxygen atoms in total. The third-order valence-electron chi connectivity index (χ3n) is 7.52. The molecule has 2 heterocycles. The van der Waals surface area contributed by atoms with E-state index in [1.165, 1.54) is 42.7 Å². The Bertz CT molecular complexity index is 1280. The molecule has 7 heteroatoms. The summed E-state index contributed by atoms with van der Waals surface area (Å²) < 4.78 is 15.3. The lowest BCUT2D eigenvalue weighted by molar-refractivity contribution is -0.116. The maximum atomic E-state index is 13.7. The summed E-state index contributed by atoms with van der Waals surface area (Å²) >= 11 is 3.07. The monoisotopic (exact) mass is 480 g/mol. The van der Waals surface area contributed by atoms with Crippen LogP contribution >= 0.6 is 23.1 Å². The Hall–Kier alpha value is -2.38. The maximum Gasteiger partial charge on any atom is 0.308 e. The molecule has 0 spiro atoms. The van der Waals surface area contributed by atoms with Crippen LogP contribution in [0.1, 0.15) is 41.2 Å². The molecule has 1 N–H and O–H groups in total. The summed E-state index contributed by atoms with van der Waals surface area (Å²) in [5.41, 5.74) is 2.89. The van der Waals surface area contributed by atoms with Crippen molar-refractivity contribution in [3.05, 3.63) is 80.0 Å². The van der Waals surface area contributed by atoms with Gasteiger partial charge in [0.05, 0.1) is 5.03 Å². The van der Waals surface area contributed by atoms with Crippen LogP contribution in [0.15, 0.2) is 58.4 Å². The Morgan fingerprint density at radius 1 is 1.15 bits per heavy atom. The number of aromatic nitrogens is 1. The first-order valence-electron chi connectivity index (χ1n) is 11.5. The number of hydrogen-bond acceptors (Lipinski definition) is 4. The van der Waals surface area contributed by atoms with Crippen molar-refractivity contribution in [1.82, 2.24) is 4.57 Å². The third-order valence-corrected chi connectivity index (χ3v) is 10.3. The number of carbonyl (C=O) groups excluding carboxylic acids is 1. The summed E-state index contributed by atoms with van der Waals surface area (Å²) in [5.74, 6) is 1.45. The second kappa shape index (κ2) is 8.13. The van der Waals surface area contributed by atoms with Crippen molar-refractivity contribution in [2.24, 2.45) is 17.8 Å². The van der Waals surface area contributed by atoms with E-state index in [2.05, 4.69) is 5.32 Å². The van der Waals surface area contributed by atoms with E-state index in [0.29, 0.717) is 23.0 Å². The Labute approximate surface area is 200 Å². The number of benzene rings is 2. The lowest BCUT2D eigenvalue weighted by Gasteiger charge is -2.40. The predicted octanol–water partition coefficient (Wildman–Crippen LogP) is 5.65. The molecule has 1 amide bonds. The van der Waals surface area contributed by atoms with Crippen LogP contribution < -0.4 is 10.2 Å². The highest BCUT2D eigenvalue weighted by Gasteiger charge is 2.55. The summed E-state index contributed by atoms with van der Waals surface area (Å²) in [7, 11) is 0. The second-order valence-electron chi connectivity index (χ2n) is 9.56. The number of rotatable bonds is 4. The van der Waals surface area contributed by atoms with Gasteiger partial charge in [0.1, 0.15) is 12.4 Å². The summed E-state index contributed by atoms with van der Waals surface area (Å²) in [4.78, 5) is 26.9. The van der Waals surface area contributed by atoms with E-state index >= 15 is 0 Å². The minimum atomic E-state index is -0.243. The zero-order valence-corrected chi connectivity index (χ0v) is 19.9. The topological polar surface area (TPSA) is 51.1 Å². The normalized spacial score (nSPS) is 27.3. The highest BCUT2D eigenvalue weighted by Crippen LogP contribution is 2.63. The van der Waals surface area contributed by atoms with E-state index in [9.17, 15) is 14.0 Å². The molecule has 2 fully saturated rings. The molecule has 2 saturated carbocycles. The number of thiazole rings is 1. The molecule has 170 valence electrons. The van der Waals surface area contributed by atoms with Crippen LogP contribution in [0.5, 0.6) is 0 Å². The van der Waals surface area contributed by atoms with Crippen molar-refractivity contribution < 1.29 is 9.18 Å². The molecule has 33 heavy (non-hydrogen) atoms. The quantitative estimate of drug-likeness (QED) is 0.525. The lowest BCUT2D eigenvalue weighted by atomic mass is 9.75. The van der Waals surface area contributed by atoms with E-state index in [4.69, 9.17) is 0 Å². The fourth-order valence-corrected chi connectivity index (χ4v) is 9.35. The van der Waals surface area contributed by atoms with Gasteiger partial charge in [-0.1, -0.05) is 35.6 Å². The average molecular weight is 481 g/mol. The van der Waals surface area contributed by atoms with E-state index in [-0.39, 0.29) is 29.1 Å². The fourth-order valence-electron chi connectivity index (χ4n) is 6.20. The number of nitrogens with one attached hydrogen (secondary N) is 1. The number of nitrogens with zero attached hydrogens (tertiary/aromatic N) is 1. The average Bonchev–Trinajstić information content (AvgIpc) is 3.48. The Kier molecular flexibility index (Phi) is 5.22. The molecular weight excluding hydrogens is 455 g/mol. The summed E-state index contributed by atoms with van der Waals surface area (Å²) in [6, 6.07) is 14.5. The molecule has 6 rings (SSSR count). The maximum absolute atomic E-state index is 13.7. The zero-order valence-electron chi connectivity index (χ0n) is 18.3. The molecule has 0 radical (unpaired) electrons. The summed E-state index contributed by atoms with van der Waals surface area (Å²) in [6.07, 6.45) is 3.73. The van der Waals surface area contributed by atoms with Gasteiger partial charge in [-0.2, -0.15) is 0 Å². The van der Waals surface area contributed by atoms with Gasteiger partial charge in [0, 0.05) is 21.7 Å². The molecular formula is C26H25FN2O2S2. The van der Waals surface area contributed by atoms with Gasteiger partial charge in [-0.3, -0.25) is 14.2 Å². The van der Waals surface area contributed by atoms with Gasteiger partial charge in [0.25, 0.3) is 0 Å². The lowest BCUT2D eigenvalue weighted by Crippen LogP contribution is -2.34. The van der Waals surface area contributed by atoms with E-state index in [1.807, 2.05) is 55.1 Å². The molecule has 0 saturated heterocycles. The van der Waals surface area contributed by atoms with Crippen LogP contribution in [0.4, 0.5) is 10.1 Å². The number of aryl methyl sites for hydroxylation is 1. The van der Waals surface area contributed by atoms with Crippen molar-refractivity contribution in [3.63, 3.8) is 0 Å². The number of halogens is 1. The number of anilines is 1. The number of carbonyl (C=O) groups is 1. The summed E-state index contributed by atoms with van der Waals surface area (Å²) in [5, 5.41) is 4.32. The highest BCUT2D eigenvalue weighted by atomic mass is 32.2. The Morgan fingerprint density at radius 3 is 2.73 bits per heavy atom. The highest BCUT2D eigenvalue weighted by molar-refractivity contribution is 8.00. The molecule has 1 aromatic heterocycles. The van der Waals surface area contributed by atoms with Crippen molar-refractivity contribution in [1.29, 1.82) is 0 Å². The number of hydrogen-bond donors (Lipinski definition) is 1. The van der Waals surface area contributed by atoms with Crippen LogP contribution in [0.2, 0.25) is 0 Å². The standard InChI is InChI=1S/C26H25FN2O2S2/c1-14-3-2-4-19(11-14)28-20(30)13-29-25-24(33-26(29)31)21(15-7-9-18(27)10-8-15)22-16-5-6-17(12-16)23(22)32-25/h2-4,7-11,16-17,21-23H,5-6,12-13H2,1H3,(H,28,30). The van der Waals surface area contributed by atoms with E-state index < -0.39 is 0 Å². The van der Waals surface area contributed by atoms with Crippen molar-refractivity contribution in [3.8, 4) is 0 Å². The third kappa shape index (κ3) is 3.66. The van der Waals surface area contributed by atoms with Crippen molar-refractivity contribution in [2.75, 3.05) is 5.32 Å². The number of amides is 1. The molecule has 2 bridgehead atoms. The van der Waals surface area contributed by atoms with Gasteiger partial charge in [-0.25, -0.2) is 4.39 Å². The number of thioether (sulfide) groups is 1. The summed E-state index contributed by atoms with van der Waals surface area (Å²) in [6.45, 7) is 1.99.